The van der Waals surface area contributed by atoms with Gasteiger partial charge in [0, 0.05) is 44.7 Å². The van der Waals surface area contributed by atoms with Crippen LogP contribution in [0.3, 0.4) is 0 Å². The molecule has 0 unspecified atom stereocenters. The second-order valence-corrected chi connectivity index (χ2v) is 5.03. The summed E-state index contributed by atoms with van der Waals surface area (Å²) in [5.41, 5.74) is -0.154. The summed E-state index contributed by atoms with van der Waals surface area (Å²) < 4.78 is 0. The van der Waals surface area contributed by atoms with Crippen molar-refractivity contribution in [3.63, 3.8) is 0 Å². The number of rotatable bonds is 7. The first-order chi connectivity index (χ1) is 8.19. The van der Waals surface area contributed by atoms with E-state index < -0.39 is 0 Å². The summed E-state index contributed by atoms with van der Waals surface area (Å²) in [6.45, 7) is 10.1. The molecule has 1 aliphatic rings. The molecule has 4 heteroatoms. The van der Waals surface area contributed by atoms with Crippen molar-refractivity contribution >= 4 is 6.29 Å². The molecule has 0 spiro atoms. The Morgan fingerprint density at radius 1 is 1.12 bits per heavy atom. The van der Waals surface area contributed by atoms with Gasteiger partial charge in [-0.3, -0.25) is 9.80 Å². The number of aliphatic hydroxyl groups is 1. The van der Waals surface area contributed by atoms with Crippen molar-refractivity contribution in [3.05, 3.63) is 0 Å². The molecule has 0 radical (unpaired) electrons. The van der Waals surface area contributed by atoms with Crippen LogP contribution in [0, 0.1) is 5.41 Å². The Hall–Kier alpha value is -0.450. The maximum Gasteiger partial charge on any atom is 0.127 e. The third-order valence-corrected chi connectivity index (χ3v) is 4.08. The van der Waals surface area contributed by atoms with Gasteiger partial charge in [0.2, 0.25) is 0 Å². The molecule has 0 aromatic heterocycles. The van der Waals surface area contributed by atoms with Crippen molar-refractivity contribution in [3.8, 4) is 0 Å². The molecule has 1 rings (SSSR count). The normalized spacial score (nSPS) is 19.5. The van der Waals surface area contributed by atoms with E-state index in [9.17, 15) is 4.79 Å². The van der Waals surface area contributed by atoms with Crippen molar-refractivity contribution in [2.24, 2.45) is 5.41 Å². The standard InChI is InChI=1S/C13H26N2O2/c1-3-13(4-2,12-17)11-15-7-5-14(6-8-15)9-10-16/h12,16H,3-11H2,1-2H3. The molecule has 17 heavy (non-hydrogen) atoms. The second kappa shape index (κ2) is 7.09. The number of β-amino-alcohol motifs (C(OH)–C–C–N with tert-alkyl or cyclic N) is 1. The number of carbonyl (C=O) groups excluding carboxylic acids is 1. The Labute approximate surface area is 105 Å². The maximum absolute atomic E-state index is 11.3. The lowest BCUT2D eigenvalue weighted by Crippen LogP contribution is -2.50. The summed E-state index contributed by atoms with van der Waals surface area (Å²) in [7, 11) is 0. The highest BCUT2D eigenvalue weighted by molar-refractivity contribution is 5.59. The van der Waals surface area contributed by atoms with Crippen LogP contribution in [-0.2, 0) is 4.79 Å². The van der Waals surface area contributed by atoms with Crippen molar-refractivity contribution in [2.75, 3.05) is 45.9 Å². The van der Waals surface area contributed by atoms with Gasteiger partial charge in [0.25, 0.3) is 0 Å². The first-order valence-corrected chi connectivity index (χ1v) is 6.71. The van der Waals surface area contributed by atoms with Gasteiger partial charge in [-0.25, -0.2) is 0 Å². The van der Waals surface area contributed by atoms with Gasteiger partial charge in [-0.2, -0.15) is 0 Å². The summed E-state index contributed by atoms with van der Waals surface area (Å²) in [4.78, 5) is 15.9. The van der Waals surface area contributed by atoms with Crippen LogP contribution in [0.15, 0.2) is 0 Å². The molecule has 1 saturated heterocycles. The van der Waals surface area contributed by atoms with Gasteiger partial charge in [-0.15, -0.1) is 0 Å². The third kappa shape index (κ3) is 4.05. The first-order valence-electron chi connectivity index (χ1n) is 6.71. The highest BCUT2D eigenvalue weighted by Crippen LogP contribution is 2.25. The average molecular weight is 242 g/mol. The molecule has 1 heterocycles. The van der Waals surface area contributed by atoms with Gasteiger partial charge in [0.05, 0.1) is 6.61 Å². The van der Waals surface area contributed by atoms with E-state index in [0.717, 1.165) is 58.4 Å². The number of carbonyl (C=O) groups is 1. The van der Waals surface area contributed by atoms with Gasteiger partial charge in [-0.1, -0.05) is 13.8 Å². The zero-order chi connectivity index (χ0) is 12.7. The molecule has 0 aliphatic carbocycles. The summed E-state index contributed by atoms with van der Waals surface area (Å²) in [6, 6.07) is 0. The Bertz CT molecular complexity index is 221. The van der Waals surface area contributed by atoms with E-state index in [0.29, 0.717) is 0 Å². The molecule has 4 nitrogen and oxygen atoms in total. The lowest BCUT2D eigenvalue weighted by atomic mass is 9.83. The van der Waals surface area contributed by atoms with Crippen LogP contribution in [0.5, 0.6) is 0 Å². The fourth-order valence-corrected chi connectivity index (χ4v) is 2.44. The van der Waals surface area contributed by atoms with E-state index in [1.54, 1.807) is 0 Å². The Morgan fingerprint density at radius 3 is 2.06 bits per heavy atom. The van der Waals surface area contributed by atoms with Crippen molar-refractivity contribution in [1.82, 2.24) is 9.80 Å². The average Bonchev–Trinajstić information content (AvgIpc) is 2.39. The van der Waals surface area contributed by atoms with E-state index in [1.165, 1.54) is 0 Å². The minimum absolute atomic E-state index is 0.154. The third-order valence-electron chi connectivity index (χ3n) is 4.08. The molecular weight excluding hydrogens is 216 g/mol. The summed E-state index contributed by atoms with van der Waals surface area (Å²) in [5, 5.41) is 8.88. The minimum atomic E-state index is -0.154. The van der Waals surface area contributed by atoms with Crippen molar-refractivity contribution in [2.45, 2.75) is 26.7 Å². The van der Waals surface area contributed by atoms with Crippen LogP contribution in [0.2, 0.25) is 0 Å². The molecule has 0 aromatic carbocycles. The largest absolute Gasteiger partial charge is 0.395 e. The lowest BCUT2D eigenvalue weighted by Gasteiger charge is -2.38. The zero-order valence-electron chi connectivity index (χ0n) is 11.2. The van der Waals surface area contributed by atoms with E-state index in [4.69, 9.17) is 5.11 Å². The highest BCUT2D eigenvalue weighted by atomic mass is 16.3. The van der Waals surface area contributed by atoms with Gasteiger partial charge >= 0.3 is 0 Å². The fraction of sp³-hybridized carbons (Fsp3) is 0.923. The predicted octanol–water partition coefficient (Wildman–Crippen LogP) is 0.602. The molecule has 1 N–H and O–H groups in total. The number of aliphatic hydroxyl groups excluding tert-OH is 1. The van der Waals surface area contributed by atoms with E-state index in [2.05, 4.69) is 23.6 Å². The lowest BCUT2D eigenvalue weighted by molar-refractivity contribution is -0.118. The summed E-state index contributed by atoms with van der Waals surface area (Å²) in [5.74, 6) is 0. The van der Waals surface area contributed by atoms with Crippen LogP contribution in [0.4, 0.5) is 0 Å². The Balaban J connectivity index is 2.41. The maximum atomic E-state index is 11.3. The van der Waals surface area contributed by atoms with Crippen LogP contribution in [0.25, 0.3) is 0 Å². The van der Waals surface area contributed by atoms with Crippen LogP contribution < -0.4 is 0 Å². The van der Waals surface area contributed by atoms with Gasteiger partial charge < -0.3 is 9.90 Å². The minimum Gasteiger partial charge on any atom is -0.395 e. The number of aldehydes is 1. The number of nitrogens with zero attached hydrogens (tertiary/aromatic N) is 2. The molecule has 1 aliphatic heterocycles. The molecule has 0 bridgehead atoms. The quantitative estimate of drug-likeness (QED) is 0.664. The SMILES string of the molecule is CCC(C=O)(CC)CN1CCN(CCO)CC1. The number of hydrogen-bond acceptors (Lipinski definition) is 4. The van der Waals surface area contributed by atoms with Gasteiger partial charge in [0.1, 0.15) is 6.29 Å². The van der Waals surface area contributed by atoms with Crippen LogP contribution in [0.1, 0.15) is 26.7 Å². The van der Waals surface area contributed by atoms with Gasteiger partial charge in [-0.05, 0) is 12.8 Å². The smallest absolute Gasteiger partial charge is 0.127 e. The molecule has 0 atom stereocenters. The number of hydrogen-bond donors (Lipinski definition) is 1. The van der Waals surface area contributed by atoms with Gasteiger partial charge in [0.15, 0.2) is 0 Å². The predicted molar refractivity (Wildman–Crippen MR) is 69.0 cm³/mol. The molecular formula is C13H26N2O2. The van der Waals surface area contributed by atoms with E-state index in [1.807, 2.05) is 0 Å². The van der Waals surface area contributed by atoms with Crippen molar-refractivity contribution < 1.29 is 9.90 Å². The molecule has 1 fully saturated rings. The van der Waals surface area contributed by atoms with Crippen molar-refractivity contribution in [1.29, 1.82) is 0 Å². The fourth-order valence-electron chi connectivity index (χ4n) is 2.44. The summed E-state index contributed by atoms with van der Waals surface area (Å²) in [6.07, 6.45) is 2.99. The summed E-state index contributed by atoms with van der Waals surface area (Å²) >= 11 is 0. The monoisotopic (exact) mass is 242 g/mol. The molecule has 100 valence electrons. The zero-order valence-corrected chi connectivity index (χ0v) is 11.2. The van der Waals surface area contributed by atoms with E-state index in [-0.39, 0.29) is 12.0 Å². The molecule has 0 aromatic rings. The number of piperazine rings is 1. The van der Waals surface area contributed by atoms with Crippen LogP contribution in [-0.4, -0.2) is 67.1 Å². The Kier molecular flexibility index (Phi) is 6.09. The first kappa shape index (κ1) is 14.6. The second-order valence-electron chi connectivity index (χ2n) is 5.03. The molecule has 0 amide bonds. The van der Waals surface area contributed by atoms with E-state index >= 15 is 0 Å². The highest BCUT2D eigenvalue weighted by Gasteiger charge is 2.29. The van der Waals surface area contributed by atoms with Crippen LogP contribution >= 0.6 is 0 Å². The molecule has 0 saturated carbocycles. The topological polar surface area (TPSA) is 43.8 Å². The Morgan fingerprint density at radius 2 is 1.65 bits per heavy atom.